The second kappa shape index (κ2) is 9.82. The van der Waals surface area contributed by atoms with Gasteiger partial charge in [-0.15, -0.1) is 0 Å². The van der Waals surface area contributed by atoms with E-state index in [0.717, 1.165) is 54.9 Å². The van der Waals surface area contributed by atoms with Crippen LogP contribution in [0.3, 0.4) is 0 Å². The first-order valence-electron chi connectivity index (χ1n) is 12.6. The Morgan fingerprint density at radius 3 is 2.71 bits per heavy atom. The third-order valence-corrected chi connectivity index (χ3v) is 7.95. The SMILES string of the molecule is CCC(C)C(C)=C=C(C)Oc1cc2c(cc1C)CCN(C)[C@H]1CCc3c(C(N)=O)cccc3C21. The van der Waals surface area contributed by atoms with E-state index in [1.54, 1.807) is 0 Å². The fourth-order valence-corrected chi connectivity index (χ4v) is 5.66. The smallest absolute Gasteiger partial charge is 0.248 e. The number of nitrogens with zero attached hydrogens (tertiary/aromatic N) is 1. The van der Waals surface area contributed by atoms with Crippen molar-refractivity contribution in [2.24, 2.45) is 11.7 Å². The van der Waals surface area contributed by atoms with E-state index in [9.17, 15) is 4.79 Å². The van der Waals surface area contributed by atoms with Crippen molar-refractivity contribution >= 4 is 5.91 Å². The van der Waals surface area contributed by atoms with E-state index in [2.05, 4.69) is 63.6 Å². The van der Waals surface area contributed by atoms with Crippen molar-refractivity contribution in [3.05, 3.63) is 80.8 Å². The molecule has 0 saturated heterocycles. The Morgan fingerprint density at radius 1 is 1.24 bits per heavy atom. The van der Waals surface area contributed by atoms with Crippen molar-refractivity contribution in [2.45, 2.75) is 72.3 Å². The third kappa shape index (κ3) is 4.58. The maximum absolute atomic E-state index is 12.2. The van der Waals surface area contributed by atoms with Gasteiger partial charge in [-0.2, -0.15) is 0 Å². The van der Waals surface area contributed by atoms with E-state index in [1.807, 2.05) is 19.1 Å². The number of benzene rings is 2. The predicted molar refractivity (Wildman–Crippen MR) is 138 cm³/mol. The first-order chi connectivity index (χ1) is 16.2. The summed E-state index contributed by atoms with van der Waals surface area (Å²) in [5, 5.41) is 0. The Kier molecular flexibility index (Phi) is 7.02. The number of carbonyl (C=O) groups excluding carboxylic acids is 1. The van der Waals surface area contributed by atoms with E-state index < -0.39 is 0 Å². The van der Waals surface area contributed by atoms with Crippen LogP contribution in [0.4, 0.5) is 0 Å². The van der Waals surface area contributed by atoms with E-state index in [1.165, 1.54) is 22.3 Å². The molecule has 4 rings (SSSR count). The fourth-order valence-electron chi connectivity index (χ4n) is 5.66. The third-order valence-electron chi connectivity index (χ3n) is 7.95. The molecule has 0 bridgehead atoms. The standard InChI is InChI=1S/C30H38N2O2/c1-7-18(2)19(3)15-21(5)34-28-17-26-22(16-20(28)4)13-14-32(6)27-12-11-23-24(29(26)27)9-8-10-25(23)30(31)33/h8-10,16-18,27,29H,7,11-14H2,1-6H3,(H2,31,33)/t15?,18?,27-,29?/m0/s1. The number of amides is 1. The molecule has 1 amide bonds. The molecule has 34 heavy (non-hydrogen) atoms. The highest BCUT2D eigenvalue weighted by molar-refractivity contribution is 5.95. The van der Waals surface area contributed by atoms with Crippen LogP contribution in [0.5, 0.6) is 5.75 Å². The van der Waals surface area contributed by atoms with E-state index >= 15 is 0 Å². The van der Waals surface area contributed by atoms with Gasteiger partial charge in [0.15, 0.2) is 0 Å². The van der Waals surface area contributed by atoms with Crippen LogP contribution in [0.25, 0.3) is 0 Å². The molecule has 0 radical (unpaired) electrons. The zero-order valence-electron chi connectivity index (χ0n) is 21.5. The topological polar surface area (TPSA) is 55.6 Å². The van der Waals surface area contributed by atoms with Gasteiger partial charge in [0, 0.05) is 31.0 Å². The molecular weight excluding hydrogens is 420 g/mol. The van der Waals surface area contributed by atoms with Gasteiger partial charge in [-0.1, -0.05) is 37.8 Å². The van der Waals surface area contributed by atoms with Gasteiger partial charge in [-0.3, -0.25) is 4.79 Å². The molecular formula is C30H38N2O2. The van der Waals surface area contributed by atoms with Crippen molar-refractivity contribution in [3.8, 4) is 5.75 Å². The Bertz CT molecular complexity index is 1170. The van der Waals surface area contributed by atoms with Gasteiger partial charge in [0.25, 0.3) is 0 Å². The van der Waals surface area contributed by atoms with Crippen LogP contribution in [0.2, 0.25) is 0 Å². The van der Waals surface area contributed by atoms with Crippen molar-refractivity contribution < 1.29 is 9.53 Å². The van der Waals surface area contributed by atoms with Gasteiger partial charge in [-0.25, -0.2) is 0 Å². The van der Waals surface area contributed by atoms with Gasteiger partial charge < -0.3 is 15.4 Å². The average molecular weight is 459 g/mol. The molecule has 0 saturated carbocycles. The predicted octanol–water partition coefficient (Wildman–Crippen LogP) is 5.90. The monoisotopic (exact) mass is 458 g/mol. The van der Waals surface area contributed by atoms with Crippen molar-refractivity contribution in [2.75, 3.05) is 13.6 Å². The summed E-state index contributed by atoms with van der Waals surface area (Å²) in [7, 11) is 2.23. The molecule has 2 aromatic carbocycles. The molecule has 0 spiro atoms. The summed E-state index contributed by atoms with van der Waals surface area (Å²) in [5.74, 6) is 2.02. The molecule has 1 aliphatic carbocycles. The summed E-state index contributed by atoms with van der Waals surface area (Å²) >= 11 is 0. The number of hydrogen-bond acceptors (Lipinski definition) is 3. The summed E-state index contributed by atoms with van der Waals surface area (Å²) < 4.78 is 6.37. The number of ether oxygens (including phenoxy) is 1. The number of primary amides is 1. The van der Waals surface area contributed by atoms with Crippen LogP contribution in [0.15, 0.2) is 47.4 Å². The highest BCUT2D eigenvalue weighted by Crippen LogP contribution is 2.44. The first kappa shape index (κ1) is 24.3. The lowest BCUT2D eigenvalue weighted by Gasteiger charge is -2.38. The molecule has 2 aromatic rings. The molecule has 3 atom stereocenters. The highest BCUT2D eigenvalue weighted by Gasteiger charge is 2.38. The lowest BCUT2D eigenvalue weighted by molar-refractivity contribution is 0.0998. The number of aryl methyl sites for hydroxylation is 1. The van der Waals surface area contributed by atoms with Crippen LogP contribution in [0, 0.1) is 12.8 Å². The minimum atomic E-state index is -0.338. The van der Waals surface area contributed by atoms with Crippen LogP contribution in [-0.2, 0) is 12.8 Å². The maximum Gasteiger partial charge on any atom is 0.248 e. The normalized spacial score (nSPS) is 20.2. The number of fused-ring (bicyclic) bond motifs is 5. The fraction of sp³-hybridized carbons (Fsp3) is 0.467. The van der Waals surface area contributed by atoms with E-state index in [-0.39, 0.29) is 11.8 Å². The molecule has 2 unspecified atom stereocenters. The van der Waals surface area contributed by atoms with Gasteiger partial charge in [0.1, 0.15) is 11.5 Å². The minimum absolute atomic E-state index is 0.190. The second-order valence-corrected chi connectivity index (χ2v) is 10.1. The van der Waals surface area contributed by atoms with Crippen LogP contribution in [0.1, 0.15) is 84.6 Å². The van der Waals surface area contributed by atoms with Gasteiger partial charge in [-0.05, 0) is 98.0 Å². The van der Waals surface area contributed by atoms with Crippen LogP contribution in [-0.4, -0.2) is 30.4 Å². The summed E-state index contributed by atoms with van der Waals surface area (Å²) in [6.45, 7) is 11.7. The molecule has 2 N–H and O–H groups in total. The number of carbonyl (C=O) groups is 1. The lowest BCUT2D eigenvalue weighted by atomic mass is 9.73. The summed E-state index contributed by atoms with van der Waals surface area (Å²) in [6.07, 6.45) is 3.99. The number of allylic oxidation sites excluding steroid dienone is 1. The minimum Gasteiger partial charge on any atom is -0.454 e. The summed E-state index contributed by atoms with van der Waals surface area (Å²) in [4.78, 5) is 14.7. The zero-order chi connectivity index (χ0) is 24.6. The number of rotatable bonds is 5. The largest absolute Gasteiger partial charge is 0.454 e. The average Bonchev–Trinajstić information content (AvgIpc) is 2.94. The molecule has 180 valence electrons. The van der Waals surface area contributed by atoms with Gasteiger partial charge >= 0.3 is 0 Å². The zero-order valence-corrected chi connectivity index (χ0v) is 21.5. The Balaban J connectivity index is 1.83. The van der Waals surface area contributed by atoms with Crippen molar-refractivity contribution in [1.82, 2.24) is 4.90 Å². The quantitative estimate of drug-likeness (QED) is 0.448. The maximum atomic E-state index is 12.2. The van der Waals surface area contributed by atoms with Crippen LogP contribution >= 0.6 is 0 Å². The summed E-state index contributed by atoms with van der Waals surface area (Å²) in [5.41, 5.74) is 17.3. The van der Waals surface area contributed by atoms with Gasteiger partial charge in [0.05, 0.1) is 0 Å². The molecule has 1 aliphatic heterocycles. The Labute approximate surface area is 204 Å². The number of likely N-dealkylation sites (N-methyl/N-ethyl adjacent to an activating group) is 1. The highest BCUT2D eigenvalue weighted by atomic mass is 16.5. The molecule has 2 aliphatic rings. The Hall–Kier alpha value is -2.81. The van der Waals surface area contributed by atoms with E-state index in [0.29, 0.717) is 17.5 Å². The van der Waals surface area contributed by atoms with Crippen LogP contribution < -0.4 is 10.5 Å². The second-order valence-electron chi connectivity index (χ2n) is 10.1. The molecule has 0 aromatic heterocycles. The summed E-state index contributed by atoms with van der Waals surface area (Å²) in [6, 6.07) is 11.0. The van der Waals surface area contributed by atoms with E-state index in [4.69, 9.17) is 10.5 Å². The lowest BCUT2D eigenvalue weighted by Crippen LogP contribution is -2.40. The van der Waals surface area contributed by atoms with Crippen molar-refractivity contribution in [1.29, 1.82) is 0 Å². The number of hydrogen-bond donors (Lipinski definition) is 1. The van der Waals surface area contributed by atoms with Crippen molar-refractivity contribution in [3.63, 3.8) is 0 Å². The molecule has 1 heterocycles. The van der Waals surface area contributed by atoms with Gasteiger partial charge in [0.2, 0.25) is 5.91 Å². The molecule has 4 nitrogen and oxygen atoms in total. The number of nitrogens with two attached hydrogens (primary N) is 1. The molecule has 4 heteroatoms. The first-order valence-corrected chi connectivity index (χ1v) is 12.6. The Morgan fingerprint density at radius 2 is 2.00 bits per heavy atom. The molecule has 0 fully saturated rings.